The fraction of sp³-hybridized carbons (Fsp3) is 0.455. The van der Waals surface area contributed by atoms with E-state index in [9.17, 15) is 4.79 Å². The number of carbonyl (C=O) groups excluding carboxylic acids is 1. The molecule has 1 aromatic heterocycles. The minimum Gasteiger partial charge on any atom is -0.493 e. The SMILES string of the molecule is COc1ccc(/C=C/C(=O)NCc2nc(N(C)C)nc(N3CCCCC3)n2)cc1OC. The molecule has 2 aromatic rings. The molecule has 1 fully saturated rings. The Hall–Kier alpha value is -3.36. The third kappa shape index (κ3) is 6.07. The van der Waals surface area contributed by atoms with Gasteiger partial charge in [-0.15, -0.1) is 0 Å². The lowest BCUT2D eigenvalue weighted by atomic mass is 10.1. The maximum atomic E-state index is 12.3. The number of nitrogens with zero attached hydrogens (tertiary/aromatic N) is 5. The molecule has 31 heavy (non-hydrogen) atoms. The molecule has 0 bridgehead atoms. The summed E-state index contributed by atoms with van der Waals surface area (Å²) in [6.07, 6.45) is 6.69. The highest BCUT2D eigenvalue weighted by Gasteiger charge is 2.17. The van der Waals surface area contributed by atoms with Crippen LogP contribution in [0.3, 0.4) is 0 Å². The molecular formula is C22H30N6O3. The van der Waals surface area contributed by atoms with Gasteiger partial charge in [0.25, 0.3) is 0 Å². The quantitative estimate of drug-likeness (QED) is 0.643. The first kappa shape index (κ1) is 22.3. The van der Waals surface area contributed by atoms with Gasteiger partial charge in [-0.2, -0.15) is 15.0 Å². The number of methoxy groups -OCH3 is 2. The van der Waals surface area contributed by atoms with Crippen molar-refractivity contribution in [2.24, 2.45) is 0 Å². The largest absolute Gasteiger partial charge is 0.493 e. The van der Waals surface area contributed by atoms with Crippen LogP contribution in [0.1, 0.15) is 30.7 Å². The average Bonchev–Trinajstić information content (AvgIpc) is 2.81. The first-order valence-electron chi connectivity index (χ1n) is 10.4. The maximum absolute atomic E-state index is 12.3. The van der Waals surface area contributed by atoms with Crippen LogP contribution in [-0.2, 0) is 11.3 Å². The van der Waals surface area contributed by atoms with Gasteiger partial charge in [-0.3, -0.25) is 4.79 Å². The molecular weight excluding hydrogens is 396 g/mol. The zero-order valence-electron chi connectivity index (χ0n) is 18.6. The molecule has 0 radical (unpaired) electrons. The zero-order valence-corrected chi connectivity index (χ0v) is 18.6. The second-order valence-electron chi connectivity index (χ2n) is 7.46. The number of aromatic nitrogens is 3. The number of benzene rings is 1. The van der Waals surface area contributed by atoms with E-state index in [0.717, 1.165) is 31.5 Å². The second kappa shape index (κ2) is 10.6. The van der Waals surface area contributed by atoms with Crippen molar-refractivity contribution in [2.45, 2.75) is 25.8 Å². The third-order valence-corrected chi connectivity index (χ3v) is 4.95. The number of piperidine rings is 1. The van der Waals surface area contributed by atoms with Gasteiger partial charge in [-0.25, -0.2) is 0 Å². The van der Waals surface area contributed by atoms with E-state index in [-0.39, 0.29) is 12.5 Å². The van der Waals surface area contributed by atoms with Crippen LogP contribution in [0.25, 0.3) is 6.08 Å². The van der Waals surface area contributed by atoms with Gasteiger partial charge in [0.2, 0.25) is 17.8 Å². The third-order valence-electron chi connectivity index (χ3n) is 4.95. The smallest absolute Gasteiger partial charge is 0.244 e. The Morgan fingerprint density at radius 2 is 1.84 bits per heavy atom. The number of rotatable bonds is 8. The van der Waals surface area contributed by atoms with E-state index in [2.05, 4.69) is 25.2 Å². The standard InChI is InChI=1S/C22H30N6O3/c1-27(2)21-24-19(25-22(26-21)28-12-6-5-7-13-28)15-23-20(29)11-9-16-8-10-17(30-3)18(14-16)31-4/h8-11,14H,5-7,12-13,15H2,1-4H3,(H,23,29)/b11-9+. The van der Waals surface area contributed by atoms with E-state index < -0.39 is 0 Å². The summed E-state index contributed by atoms with van der Waals surface area (Å²) >= 11 is 0. The fourth-order valence-electron chi connectivity index (χ4n) is 3.26. The number of carbonyl (C=O) groups is 1. The fourth-order valence-corrected chi connectivity index (χ4v) is 3.26. The molecule has 0 unspecified atom stereocenters. The average molecular weight is 427 g/mol. The number of anilines is 2. The van der Waals surface area contributed by atoms with Crippen LogP contribution in [0, 0.1) is 0 Å². The monoisotopic (exact) mass is 426 g/mol. The summed E-state index contributed by atoms with van der Waals surface area (Å²) in [5.74, 6) is 2.80. The van der Waals surface area contributed by atoms with Gasteiger partial charge in [0.1, 0.15) is 0 Å². The van der Waals surface area contributed by atoms with Crippen molar-refractivity contribution in [2.75, 3.05) is 51.2 Å². The first-order valence-corrected chi connectivity index (χ1v) is 10.4. The molecule has 9 nitrogen and oxygen atoms in total. The Morgan fingerprint density at radius 1 is 1.10 bits per heavy atom. The van der Waals surface area contributed by atoms with Gasteiger partial charge in [0.15, 0.2) is 17.3 Å². The molecule has 1 aliphatic heterocycles. The van der Waals surface area contributed by atoms with Crippen LogP contribution in [0.5, 0.6) is 11.5 Å². The van der Waals surface area contributed by atoms with Crippen molar-refractivity contribution in [3.63, 3.8) is 0 Å². The van der Waals surface area contributed by atoms with E-state index in [4.69, 9.17) is 9.47 Å². The van der Waals surface area contributed by atoms with Crippen LogP contribution >= 0.6 is 0 Å². The Kier molecular flexibility index (Phi) is 7.64. The van der Waals surface area contributed by atoms with E-state index >= 15 is 0 Å². The van der Waals surface area contributed by atoms with E-state index in [1.807, 2.05) is 31.1 Å². The van der Waals surface area contributed by atoms with Crippen molar-refractivity contribution in [3.8, 4) is 11.5 Å². The topological polar surface area (TPSA) is 92.7 Å². The molecule has 1 aromatic carbocycles. The summed E-state index contributed by atoms with van der Waals surface area (Å²) in [6.45, 7) is 2.10. The summed E-state index contributed by atoms with van der Waals surface area (Å²) in [7, 11) is 6.94. The Bertz CT molecular complexity index is 925. The minimum absolute atomic E-state index is 0.222. The van der Waals surface area contributed by atoms with Gasteiger partial charge in [-0.05, 0) is 43.0 Å². The summed E-state index contributed by atoms with van der Waals surface area (Å²) < 4.78 is 10.5. The Balaban J connectivity index is 1.66. The molecule has 0 spiro atoms. The number of nitrogens with one attached hydrogen (secondary N) is 1. The summed E-state index contributed by atoms with van der Waals surface area (Å²) in [5, 5.41) is 2.85. The van der Waals surface area contributed by atoms with Crippen molar-refractivity contribution in [3.05, 3.63) is 35.7 Å². The molecule has 0 aliphatic carbocycles. The van der Waals surface area contributed by atoms with Gasteiger partial charge in [0.05, 0.1) is 20.8 Å². The van der Waals surface area contributed by atoms with Crippen LogP contribution < -0.4 is 24.6 Å². The number of hydrogen-bond donors (Lipinski definition) is 1. The number of amides is 1. The highest BCUT2D eigenvalue weighted by atomic mass is 16.5. The van der Waals surface area contributed by atoms with Crippen LogP contribution in [0.15, 0.2) is 24.3 Å². The molecule has 166 valence electrons. The molecule has 0 saturated carbocycles. The van der Waals surface area contributed by atoms with Crippen molar-refractivity contribution in [1.29, 1.82) is 0 Å². The van der Waals surface area contributed by atoms with Crippen LogP contribution in [0.4, 0.5) is 11.9 Å². The summed E-state index contributed by atoms with van der Waals surface area (Å²) in [6, 6.07) is 5.46. The van der Waals surface area contributed by atoms with Crippen LogP contribution in [-0.4, -0.2) is 62.3 Å². The molecule has 1 amide bonds. The van der Waals surface area contributed by atoms with Gasteiger partial charge in [0, 0.05) is 33.3 Å². The summed E-state index contributed by atoms with van der Waals surface area (Å²) in [4.78, 5) is 30.0. The molecule has 3 rings (SSSR count). The molecule has 0 atom stereocenters. The van der Waals surface area contributed by atoms with E-state index in [1.54, 1.807) is 26.4 Å². The Morgan fingerprint density at radius 3 is 2.52 bits per heavy atom. The van der Waals surface area contributed by atoms with Gasteiger partial charge >= 0.3 is 0 Å². The van der Waals surface area contributed by atoms with Crippen molar-refractivity contribution >= 4 is 23.9 Å². The maximum Gasteiger partial charge on any atom is 0.244 e. The molecule has 1 N–H and O–H groups in total. The van der Waals surface area contributed by atoms with E-state index in [1.165, 1.54) is 12.5 Å². The first-order chi connectivity index (χ1) is 15.0. The molecule has 9 heteroatoms. The molecule has 1 aliphatic rings. The highest BCUT2D eigenvalue weighted by Crippen LogP contribution is 2.28. The normalized spacial score (nSPS) is 13.9. The predicted octanol–water partition coefficient (Wildman–Crippen LogP) is 2.27. The van der Waals surface area contributed by atoms with Gasteiger partial charge in [-0.1, -0.05) is 6.07 Å². The summed E-state index contributed by atoms with van der Waals surface area (Å²) in [5.41, 5.74) is 0.829. The van der Waals surface area contributed by atoms with E-state index in [0.29, 0.717) is 29.2 Å². The second-order valence-corrected chi connectivity index (χ2v) is 7.46. The highest BCUT2D eigenvalue weighted by molar-refractivity contribution is 5.91. The molecule has 2 heterocycles. The predicted molar refractivity (Wildman–Crippen MR) is 121 cm³/mol. The minimum atomic E-state index is -0.235. The molecule has 1 saturated heterocycles. The zero-order chi connectivity index (χ0) is 22.2. The number of ether oxygens (including phenoxy) is 2. The van der Waals surface area contributed by atoms with Crippen LogP contribution in [0.2, 0.25) is 0 Å². The lowest BCUT2D eigenvalue weighted by molar-refractivity contribution is -0.116. The lowest BCUT2D eigenvalue weighted by Crippen LogP contribution is -2.32. The Labute approximate surface area is 183 Å². The van der Waals surface area contributed by atoms with Crippen molar-refractivity contribution in [1.82, 2.24) is 20.3 Å². The van der Waals surface area contributed by atoms with Crippen molar-refractivity contribution < 1.29 is 14.3 Å². The number of hydrogen-bond acceptors (Lipinski definition) is 8. The van der Waals surface area contributed by atoms with Gasteiger partial charge < -0.3 is 24.6 Å². The lowest BCUT2D eigenvalue weighted by Gasteiger charge is -2.27.